The van der Waals surface area contributed by atoms with Gasteiger partial charge in [-0.3, -0.25) is 9.59 Å². The van der Waals surface area contributed by atoms with Crippen LogP contribution in [0.2, 0.25) is 0 Å². The van der Waals surface area contributed by atoms with E-state index in [9.17, 15) is 9.59 Å². The van der Waals surface area contributed by atoms with Crippen LogP contribution in [0.5, 0.6) is 0 Å². The highest BCUT2D eigenvalue weighted by molar-refractivity contribution is 5.96. The van der Waals surface area contributed by atoms with E-state index in [1.54, 1.807) is 0 Å². The lowest BCUT2D eigenvalue weighted by Gasteiger charge is -2.29. The minimum Gasteiger partial charge on any atom is -0.340 e. The van der Waals surface area contributed by atoms with Gasteiger partial charge in [-0.25, -0.2) is 0 Å². The molecule has 136 valence electrons. The van der Waals surface area contributed by atoms with E-state index in [-0.39, 0.29) is 11.8 Å². The molecule has 0 saturated carbocycles. The van der Waals surface area contributed by atoms with Crippen molar-refractivity contribution >= 4 is 11.8 Å². The van der Waals surface area contributed by atoms with Crippen LogP contribution in [0, 0.1) is 6.92 Å². The van der Waals surface area contributed by atoms with E-state index in [1.807, 2.05) is 41.0 Å². The third-order valence-corrected chi connectivity index (χ3v) is 5.39. The number of nitrogens with zero attached hydrogens (tertiary/aromatic N) is 3. The van der Waals surface area contributed by atoms with Crippen molar-refractivity contribution in [3.63, 3.8) is 0 Å². The Morgan fingerprint density at radius 1 is 0.960 bits per heavy atom. The van der Waals surface area contributed by atoms with E-state index < -0.39 is 0 Å². The van der Waals surface area contributed by atoms with Gasteiger partial charge in [0.25, 0.3) is 5.91 Å². The molecule has 1 aromatic carbocycles. The number of likely N-dealkylation sites (tertiary alicyclic amines) is 1. The van der Waals surface area contributed by atoms with Crippen molar-refractivity contribution in [2.24, 2.45) is 0 Å². The van der Waals surface area contributed by atoms with Crippen LogP contribution >= 0.6 is 0 Å². The first-order chi connectivity index (χ1) is 12.1. The SMILES string of the molecule is Cc1ccccc1C(=O)N1CCC(=O)N(CCN2CCCCC2)CC1. The average molecular weight is 343 g/mol. The molecule has 0 aliphatic carbocycles. The quantitative estimate of drug-likeness (QED) is 0.841. The van der Waals surface area contributed by atoms with Crippen molar-refractivity contribution in [3.8, 4) is 0 Å². The molecular weight excluding hydrogens is 314 g/mol. The predicted molar refractivity (Wildman–Crippen MR) is 98.6 cm³/mol. The van der Waals surface area contributed by atoms with Crippen molar-refractivity contribution in [1.29, 1.82) is 0 Å². The van der Waals surface area contributed by atoms with E-state index in [1.165, 1.54) is 19.3 Å². The number of aryl methyl sites for hydroxylation is 1. The highest BCUT2D eigenvalue weighted by Crippen LogP contribution is 2.14. The molecule has 2 aliphatic heterocycles. The molecule has 0 N–H and O–H groups in total. The van der Waals surface area contributed by atoms with Crippen molar-refractivity contribution in [2.75, 3.05) is 45.8 Å². The first-order valence-electron chi connectivity index (χ1n) is 9.50. The predicted octanol–water partition coefficient (Wildman–Crippen LogP) is 2.16. The van der Waals surface area contributed by atoms with Crippen LogP contribution in [0.3, 0.4) is 0 Å². The van der Waals surface area contributed by atoms with E-state index >= 15 is 0 Å². The molecule has 3 rings (SSSR count). The van der Waals surface area contributed by atoms with Crippen LogP contribution < -0.4 is 0 Å². The summed E-state index contributed by atoms with van der Waals surface area (Å²) in [5, 5.41) is 0. The maximum Gasteiger partial charge on any atom is 0.254 e. The summed E-state index contributed by atoms with van der Waals surface area (Å²) in [7, 11) is 0. The largest absolute Gasteiger partial charge is 0.340 e. The van der Waals surface area contributed by atoms with Gasteiger partial charge in [-0.2, -0.15) is 0 Å². The molecule has 0 bridgehead atoms. The van der Waals surface area contributed by atoms with Gasteiger partial charge in [0.1, 0.15) is 0 Å². The zero-order chi connectivity index (χ0) is 17.6. The lowest BCUT2D eigenvalue weighted by Crippen LogP contribution is -2.41. The fourth-order valence-electron chi connectivity index (χ4n) is 3.73. The number of piperidine rings is 1. The van der Waals surface area contributed by atoms with Crippen molar-refractivity contribution in [1.82, 2.24) is 14.7 Å². The number of hydrogen-bond acceptors (Lipinski definition) is 3. The third-order valence-electron chi connectivity index (χ3n) is 5.39. The molecule has 0 aromatic heterocycles. The Kier molecular flexibility index (Phi) is 6.08. The summed E-state index contributed by atoms with van der Waals surface area (Å²) in [5.41, 5.74) is 1.74. The Balaban J connectivity index is 1.56. The lowest BCUT2D eigenvalue weighted by atomic mass is 10.1. The van der Waals surface area contributed by atoms with Gasteiger partial charge < -0.3 is 14.7 Å². The van der Waals surface area contributed by atoms with Gasteiger partial charge >= 0.3 is 0 Å². The number of carbonyl (C=O) groups excluding carboxylic acids is 2. The zero-order valence-corrected chi connectivity index (χ0v) is 15.2. The summed E-state index contributed by atoms with van der Waals surface area (Å²) in [6.45, 7) is 7.79. The summed E-state index contributed by atoms with van der Waals surface area (Å²) in [6.07, 6.45) is 4.30. The summed E-state index contributed by atoms with van der Waals surface area (Å²) in [5.74, 6) is 0.223. The van der Waals surface area contributed by atoms with Crippen LogP contribution in [0.15, 0.2) is 24.3 Å². The molecule has 25 heavy (non-hydrogen) atoms. The molecule has 0 radical (unpaired) electrons. The fraction of sp³-hybridized carbons (Fsp3) is 0.600. The minimum atomic E-state index is 0.0452. The van der Waals surface area contributed by atoms with Gasteiger partial charge in [0.2, 0.25) is 5.91 Å². The molecule has 1 aromatic rings. The van der Waals surface area contributed by atoms with Gasteiger partial charge in [-0.05, 0) is 44.5 Å². The molecule has 2 saturated heterocycles. The van der Waals surface area contributed by atoms with Crippen LogP contribution in [0.4, 0.5) is 0 Å². The third kappa shape index (κ3) is 4.60. The standard InChI is InChI=1S/C20H29N3O2/c1-17-7-3-4-8-18(17)20(25)23-12-9-19(24)22(15-16-23)14-13-21-10-5-2-6-11-21/h3-4,7-8H,2,5-6,9-16H2,1H3. The molecule has 5 nitrogen and oxygen atoms in total. The monoisotopic (exact) mass is 343 g/mol. The van der Waals surface area contributed by atoms with Crippen molar-refractivity contribution < 1.29 is 9.59 Å². The Hall–Kier alpha value is -1.88. The number of rotatable bonds is 4. The highest BCUT2D eigenvalue weighted by atomic mass is 16.2. The van der Waals surface area contributed by atoms with E-state index in [2.05, 4.69) is 4.90 Å². The molecule has 2 aliphatic rings. The second-order valence-corrected chi connectivity index (χ2v) is 7.14. The highest BCUT2D eigenvalue weighted by Gasteiger charge is 2.25. The maximum absolute atomic E-state index is 12.8. The van der Waals surface area contributed by atoms with Crippen molar-refractivity contribution in [2.45, 2.75) is 32.6 Å². The van der Waals surface area contributed by atoms with E-state index in [0.29, 0.717) is 26.1 Å². The number of carbonyl (C=O) groups is 2. The molecule has 0 unspecified atom stereocenters. The van der Waals surface area contributed by atoms with Crippen LogP contribution in [0.1, 0.15) is 41.6 Å². The number of benzene rings is 1. The molecule has 2 fully saturated rings. The second-order valence-electron chi connectivity index (χ2n) is 7.14. The Morgan fingerprint density at radius 3 is 2.48 bits per heavy atom. The van der Waals surface area contributed by atoms with Gasteiger partial charge in [-0.1, -0.05) is 24.6 Å². The normalized spacial score (nSPS) is 19.8. The molecule has 0 atom stereocenters. The smallest absolute Gasteiger partial charge is 0.254 e. The maximum atomic E-state index is 12.8. The van der Waals surface area contributed by atoms with Crippen LogP contribution in [0.25, 0.3) is 0 Å². The van der Waals surface area contributed by atoms with E-state index in [4.69, 9.17) is 0 Å². The van der Waals surface area contributed by atoms with Crippen molar-refractivity contribution in [3.05, 3.63) is 35.4 Å². The summed E-state index contributed by atoms with van der Waals surface area (Å²) >= 11 is 0. The Labute approximate surface area is 150 Å². The average Bonchev–Trinajstić information content (AvgIpc) is 2.82. The first kappa shape index (κ1) is 17.9. The number of amides is 2. The van der Waals surface area contributed by atoms with Crippen LogP contribution in [-0.2, 0) is 4.79 Å². The molecule has 2 amide bonds. The molecular formula is C20H29N3O2. The lowest BCUT2D eigenvalue weighted by molar-refractivity contribution is -0.130. The summed E-state index contributed by atoms with van der Waals surface area (Å²) in [6, 6.07) is 7.67. The summed E-state index contributed by atoms with van der Waals surface area (Å²) < 4.78 is 0. The van der Waals surface area contributed by atoms with Gasteiger partial charge in [0.05, 0.1) is 0 Å². The van der Waals surface area contributed by atoms with Gasteiger partial charge in [0, 0.05) is 44.7 Å². The minimum absolute atomic E-state index is 0.0452. The topological polar surface area (TPSA) is 43.9 Å². The second kappa shape index (κ2) is 8.48. The fourth-order valence-corrected chi connectivity index (χ4v) is 3.73. The van der Waals surface area contributed by atoms with Crippen LogP contribution in [-0.4, -0.2) is 72.3 Å². The Bertz CT molecular complexity index is 611. The molecule has 5 heteroatoms. The molecule has 0 spiro atoms. The summed E-state index contributed by atoms with van der Waals surface area (Å²) in [4.78, 5) is 31.4. The van der Waals surface area contributed by atoms with Gasteiger partial charge in [0.15, 0.2) is 0 Å². The molecule has 2 heterocycles. The first-order valence-corrected chi connectivity index (χ1v) is 9.50. The Morgan fingerprint density at radius 2 is 1.72 bits per heavy atom. The van der Waals surface area contributed by atoms with E-state index in [0.717, 1.165) is 37.3 Å². The zero-order valence-electron chi connectivity index (χ0n) is 15.2. The van der Waals surface area contributed by atoms with Gasteiger partial charge in [-0.15, -0.1) is 0 Å². The number of hydrogen-bond donors (Lipinski definition) is 0.